The molecule has 0 saturated carbocycles. The largest absolute Gasteiger partial charge is 0.215 e. The average molecular weight is 390 g/mol. The van der Waals surface area contributed by atoms with E-state index in [1.807, 2.05) is 24.3 Å². The highest BCUT2D eigenvalue weighted by Crippen LogP contribution is 2.16. The van der Waals surface area contributed by atoms with Crippen LogP contribution in [0.3, 0.4) is 0 Å². The second-order valence-electron chi connectivity index (χ2n) is 4.96. The number of sulfonamides is 1. The Morgan fingerprint density at radius 1 is 0.957 bits per heavy atom. The molecule has 2 aromatic carbocycles. The van der Waals surface area contributed by atoms with Crippen LogP contribution in [0.15, 0.2) is 48.5 Å². The molecule has 0 saturated heterocycles. The highest BCUT2D eigenvalue weighted by atomic mass is 35.5. The Morgan fingerprint density at radius 2 is 1.70 bits per heavy atom. The molecule has 0 fully saturated rings. The second kappa shape index (κ2) is 8.94. The Balaban J connectivity index is 1.71. The maximum Gasteiger partial charge on any atom is 0.215 e. The molecule has 124 valence electrons. The van der Waals surface area contributed by atoms with E-state index >= 15 is 0 Å². The molecule has 0 unspecified atom stereocenters. The van der Waals surface area contributed by atoms with Gasteiger partial charge in [-0.15, -0.1) is 0 Å². The van der Waals surface area contributed by atoms with Crippen LogP contribution in [-0.4, -0.2) is 20.7 Å². The van der Waals surface area contributed by atoms with Crippen molar-refractivity contribution in [1.29, 1.82) is 0 Å². The standard InChI is InChI=1S/C16H17Cl2NO2S2/c17-15-6-4-13(5-7-15)12-23(20,21)19-8-9-22-11-14-2-1-3-16(18)10-14/h1-7,10,19H,8-9,11-12H2. The number of hydrogen-bond acceptors (Lipinski definition) is 3. The van der Waals surface area contributed by atoms with E-state index in [1.54, 1.807) is 36.0 Å². The first kappa shape index (κ1) is 18.6. The van der Waals surface area contributed by atoms with Gasteiger partial charge in [-0.05, 0) is 35.4 Å². The van der Waals surface area contributed by atoms with Gasteiger partial charge in [0.25, 0.3) is 0 Å². The van der Waals surface area contributed by atoms with Crippen molar-refractivity contribution >= 4 is 45.0 Å². The fourth-order valence-corrected chi connectivity index (χ4v) is 4.36. The number of thioether (sulfide) groups is 1. The van der Waals surface area contributed by atoms with Gasteiger partial charge in [-0.3, -0.25) is 0 Å². The summed E-state index contributed by atoms with van der Waals surface area (Å²) in [5.74, 6) is 1.47. The van der Waals surface area contributed by atoms with Crippen molar-refractivity contribution in [2.45, 2.75) is 11.5 Å². The van der Waals surface area contributed by atoms with Gasteiger partial charge in [0.2, 0.25) is 10.0 Å². The quantitative estimate of drug-likeness (QED) is 0.682. The Hall–Kier alpha value is -0.720. The molecule has 0 amide bonds. The van der Waals surface area contributed by atoms with Crippen molar-refractivity contribution in [1.82, 2.24) is 4.72 Å². The average Bonchev–Trinajstić information content (AvgIpc) is 2.49. The van der Waals surface area contributed by atoms with Gasteiger partial charge >= 0.3 is 0 Å². The molecule has 0 aromatic heterocycles. The SMILES string of the molecule is O=S(=O)(Cc1ccc(Cl)cc1)NCCSCc1cccc(Cl)c1. The predicted octanol–water partition coefficient (Wildman–Crippen LogP) is 4.35. The first-order valence-electron chi connectivity index (χ1n) is 6.98. The lowest BCUT2D eigenvalue weighted by Crippen LogP contribution is -2.27. The van der Waals surface area contributed by atoms with Crippen LogP contribution in [0.5, 0.6) is 0 Å². The second-order valence-corrected chi connectivity index (χ2v) is 8.75. The van der Waals surface area contributed by atoms with E-state index in [9.17, 15) is 8.42 Å². The first-order chi connectivity index (χ1) is 10.9. The molecule has 0 aliphatic carbocycles. The summed E-state index contributed by atoms with van der Waals surface area (Å²) in [7, 11) is -3.33. The molecule has 0 aliphatic rings. The highest BCUT2D eigenvalue weighted by Gasteiger charge is 2.10. The molecule has 0 atom stereocenters. The summed E-state index contributed by atoms with van der Waals surface area (Å²) in [6, 6.07) is 14.5. The Labute approximate surface area is 151 Å². The minimum absolute atomic E-state index is 0.0386. The van der Waals surface area contributed by atoms with Gasteiger partial charge in [0, 0.05) is 28.1 Å². The molecule has 2 rings (SSSR count). The van der Waals surface area contributed by atoms with Gasteiger partial charge in [-0.25, -0.2) is 13.1 Å². The maximum atomic E-state index is 12.0. The minimum atomic E-state index is -3.33. The molecule has 0 radical (unpaired) electrons. The number of rotatable bonds is 8. The zero-order valence-corrected chi connectivity index (χ0v) is 15.5. The highest BCUT2D eigenvalue weighted by molar-refractivity contribution is 7.98. The van der Waals surface area contributed by atoms with E-state index in [0.29, 0.717) is 27.9 Å². The van der Waals surface area contributed by atoms with E-state index in [-0.39, 0.29) is 5.75 Å². The summed E-state index contributed by atoms with van der Waals surface area (Å²) in [5, 5.41) is 1.31. The smallest absolute Gasteiger partial charge is 0.214 e. The number of halogens is 2. The van der Waals surface area contributed by atoms with Crippen molar-refractivity contribution < 1.29 is 8.42 Å². The van der Waals surface area contributed by atoms with Gasteiger partial charge in [-0.2, -0.15) is 11.8 Å². The van der Waals surface area contributed by atoms with E-state index in [1.165, 1.54) is 0 Å². The number of hydrogen-bond donors (Lipinski definition) is 1. The lowest BCUT2D eigenvalue weighted by molar-refractivity contribution is 0.583. The third kappa shape index (κ3) is 7.14. The summed E-state index contributed by atoms with van der Waals surface area (Å²) in [6.45, 7) is 0.404. The number of benzene rings is 2. The lowest BCUT2D eigenvalue weighted by atomic mass is 10.2. The Kier molecular flexibility index (Phi) is 7.24. The van der Waals surface area contributed by atoms with Gasteiger partial charge < -0.3 is 0 Å². The van der Waals surface area contributed by atoms with Crippen LogP contribution >= 0.6 is 35.0 Å². The third-order valence-corrected chi connectivity index (χ3v) is 5.87. The zero-order chi connectivity index (χ0) is 16.7. The Bertz CT molecular complexity index is 734. The fourth-order valence-electron chi connectivity index (χ4n) is 1.94. The maximum absolute atomic E-state index is 12.0. The van der Waals surface area contributed by atoms with E-state index in [2.05, 4.69) is 4.72 Å². The molecule has 23 heavy (non-hydrogen) atoms. The molecule has 0 spiro atoms. The van der Waals surface area contributed by atoms with Crippen LogP contribution in [0.4, 0.5) is 0 Å². The monoisotopic (exact) mass is 389 g/mol. The summed E-state index contributed by atoms with van der Waals surface area (Å²) >= 11 is 13.4. The Morgan fingerprint density at radius 3 is 2.39 bits per heavy atom. The van der Waals surface area contributed by atoms with E-state index in [0.717, 1.165) is 11.3 Å². The zero-order valence-electron chi connectivity index (χ0n) is 12.3. The molecule has 2 aromatic rings. The molecule has 1 N–H and O–H groups in total. The normalized spacial score (nSPS) is 11.6. The summed E-state index contributed by atoms with van der Waals surface area (Å²) in [6.07, 6.45) is 0. The van der Waals surface area contributed by atoms with Crippen molar-refractivity contribution in [2.24, 2.45) is 0 Å². The first-order valence-corrected chi connectivity index (χ1v) is 10.5. The van der Waals surface area contributed by atoms with E-state index in [4.69, 9.17) is 23.2 Å². The molecule has 7 heteroatoms. The van der Waals surface area contributed by atoms with Gasteiger partial charge in [0.15, 0.2) is 0 Å². The lowest BCUT2D eigenvalue weighted by Gasteiger charge is -2.07. The van der Waals surface area contributed by atoms with Gasteiger partial charge in [-0.1, -0.05) is 47.5 Å². The van der Waals surface area contributed by atoms with Crippen LogP contribution in [0.1, 0.15) is 11.1 Å². The molecular weight excluding hydrogens is 373 g/mol. The third-order valence-electron chi connectivity index (χ3n) is 3.00. The summed E-state index contributed by atoms with van der Waals surface area (Å²) in [5.41, 5.74) is 1.85. The van der Waals surface area contributed by atoms with Crippen LogP contribution in [0.2, 0.25) is 10.0 Å². The van der Waals surface area contributed by atoms with Crippen molar-refractivity contribution in [3.8, 4) is 0 Å². The molecule has 0 heterocycles. The molecule has 0 bridgehead atoms. The van der Waals surface area contributed by atoms with Gasteiger partial charge in [0.05, 0.1) is 5.75 Å². The van der Waals surface area contributed by atoms with Crippen molar-refractivity contribution in [3.05, 3.63) is 69.7 Å². The summed E-state index contributed by atoms with van der Waals surface area (Å²) in [4.78, 5) is 0. The minimum Gasteiger partial charge on any atom is -0.214 e. The fraction of sp³-hybridized carbons (Fsp3) is 0.250. The molecule has 0 aliphatic heterocycles. The van der Waals surface area contributed by atoms with Crippen molar-refractivity contribution in [3.63, 3.8) is 0 Å². The van der Waals surface area contributed by atoms with Crippen LogP contribution in [0.25, 0.3) is 0 Å². The predicted molar refractivity (Wildman–Crippen MR) is 99.7 cm³/mol. The topological polar surface area (TPSA) is 46.2 Å². The van der Waals surface area contributed by atoms with Crippen LogP contribution in [0, 0.1) is 0 Å². The van der Waals surface area contributed by atoms with Crippen LogP contribution in [-0.2, 0) is 21.5 Å². The molecule has 3 nitrogen and oxygen atoms in total. The van der Waals surface area contributed by atoms with E-state index < -0.39 is 10.0 Å². The van der Waals surface area contributed by atoms with Crippen LogP contribution < -0.4 is 4.72 Å². The summed E-state index contributed by atoms with van der Waals surface area (Å²) < 4.78 is 26.6. The molecular formula is C16H17Cl2NO2S2. The number of nitrogens with one attached hydrogen (secondary N) is 1. The van der Waals surface area contributed by atoms with Gasteiger partial charge in [0.1, 0.15) is 0 Å². The van der Waals surface area contributed by atoms with Crippen molar-refractivity contribution in [2.75, 3.05) is 12.3 Å².